The fraction of sp³-hybridized carbons (Fsp3) is 0.714. The van der Waals surface area contributed by atoms with Crippen LogP contribution in [0.3, 0.4) is 0 Å². The fourth-order valence-electron chi connectivity index (χ4n) is 0.691. The first kappa shape index (κ1) is 12.1. The highest BCUT2D eigenvalue weighted by Crippen LogP contribution is 1.96. The van der Waals surface area contributed by atoms with Crippen LogP contribution in [0.2, 0.25) is 0 Å². The molecule has 0 aromatic heterocycles. The zero-order chi connectivity index (χ0) is 10.3. The van der Waals surface area contributed by atoms with E-state index in [1.165, 1.54) is 11.8 Å². The monoisotopic (exact) mass is 205 g/mol. The Balaban J connectivity index is 3.73. The minimum Gasteiger partial charge on any atom is -0.409 e. The minimum atomic E-state index is 0.0539. The van der Waals surface area contributed by atoms with Crippen LogP contribution in [0, 0.1) is 0 Å². The van der Waals surface area contributed by atoms with Crippen molar-refractivity contribution >= 4 is 23.5 Å². The van der Waals surface area contributed by atoms with Gasteiger partial charge >= 0.3 is 0 Å². The topological polar surface area (TPSA) is 78.9 Å². The number of carbonyl (C=O) groups excluding carboxylic acids is 1. The van der Waals surface area contributed by atoms with E-state index in [0.29, 0.717) is 18.7 Å². The van der Waals surface area contributed by atoms with Crippen molar-refractivity contribution in [2.75, 3.05) is 25.6 Å². The lowest BCUT2D eigenvalue weighted by atomic mass is 10.3. The molecule has 76 valence electrons. The molecule has 0 aliphatic carbocycles. The van der Waals surface area contributed by atoms with Gasteiger partial charge < -0.3 is 15.8 Å². The number of nitrogens with two attached hydrogens (primary N) is 1. The Labute approximate surface area is 82.0 Å². The van der Waals surface area contributed by atoms with Gasteiger partial charge in [-0.3, -0.25) is 4.79 Å². The van der Waals surface area contributed by atoms with E-state index in [0.717, 1.165) is 0 Å². The number of carbonyl (C=O) groups is 1. The Morgan fingerprint density at radius 1 is 1.69 bits per heavy atom. The maximum Gasteiger partial charge on any atom is 0.232 e. The Morgan fingerprint density at radius 2 is 2.31 bits per heavy atom. The second-order valence-electron chi connectivity index (χ2n) is 2.59. The second kappa shape index (κ2) is 6.59. The van der Waals surface area contributed by atoms with E-state index < -0.39 is 0 Å². The van der Waals surface area contributed by atoms with Crippen molar-refractivity contribution in [3.63, 3.8) is 0 Å². The van der Waals surface area contributed by atoms with Gasteiger partial charge in [-0.05, 0) is 6.26 Å². The van der Waals surface area contributed by atoms with E-state index in [1.807, 2.05) is 6.26 Å². The average molecular weight is 205 g/mol. The van der Waals surface area contributed by atoms with Gasteiger partial charge in [0.25, 0.3) is 0 Å². The maximum absolute atomic E-state index is 11.2. The van der Waals surface area contributed by atoms with E-state index >= 15 is 0 Å². The Bertz CT molecular complexity index is 196. The van der Waals surface area contributed by atoms with E-state index in [1.54, 1.807) is 11.9 Å². The third-order valence-corrected chi connectivity index (χ3v) is 2.06. The molecule has 0 saturated carbocycles. The van der Waals surface area contributed by atoms with Gasteiger partial charge in [0.05, 0.1) is 5.75 Å². The number of oxime groups is 1. The molecule has 0 aliphatic heterocycles. The number of hydrogen-bond acceptors (Lipinski definition) is 4. The molecule has 5 nitrogen and oxygen atoms in total. The van der Waals surface area contributed by atoms with Gasteiger partial charge in [-0.25, -0.2) is 0 Å². The first-order valence-corrected chi connectivity index (χ1v) is 5.20. The number of hydrogen-bond donors (Lipinski definition) is 2. The number of amidine groups is 1. The predicted molar refractivity (Wildman–Crippen MR) is 54.0 cm³/mol. The molecule has 0 rings (SSSR count). The lowest BCUT2D eigenvalue weighted by Crippen LogP contribution is -2.31. The molecule has 0 aromatic carbocycles. The van der Waals surface area contributed by atoms with Crippen LogP contribution in [-0.2, 0) is 4.79 Å². The molecule has 0 spiro atoms. The van der Waals surface area contributed by atoms with E-state index in [9.17, 15) is 4.79 Å². The second-order valence-corrected chi connectivity index (χ2v) is 3.46. The fourth-order valence-corrected chi connectivity index (χ4v) is 1.16. The van der Waals surface area contributed by atoms with Gasteiger partial charge in [0.2, 0.25) is 5.91 Å². The summed E-state index contributed by atoms with van der Waals surface area (Å²) in [6, 6.07) is 0. The highest BCUT2D eigenvalue weighted by Gasteiger charge is 2.07. The number of rotatable bonds is 5. The van der Waals surface area contributed by atoms with Gasteiger partial charge in [0.1, 0.15) is 5.84 Å². The average Bonchev–Trinajstić information content (AvgIpc) is 2.13. The summed E-state index contributed by atoms with van der Waals surface area (Å²) in [7, 11) is 1.70. The molecule has 0 radical (unpaired) electrons. The molecule has 0 unspecified atom stereocenters. The largest absolute Gasteiger partial charge is 0.409 e. The van der Waals surface area contributed by atoms with Crippen LogP contribution in [-0.4, -0.2) is 47.5 Å². The Kier molecular flexibility index (Phi) is 6.13. The molecule has 3 N–H and O–H groups in total. The highest BCUT2D eigenvalue weighted by molar-refractivity contribution is 7.99. The summed E-state index contributed by atoms with van der Waals surface area (Å²) >= 11 is 1.48. The first-order chi connectivity index (χ1) is 6.11. The van der Waals surface area contributed by atoms with Crippen molar-refractivity contribution in [2.45, 2.75) is 6.42 Å². The van der Waals surface area contributed by atoms with Gasteiger partial charge in [-0.1, -0.05) is 5.16 Å². The van der Waals surface area contributed by atoms with Gasteiger partial charge in [0.15, 0.2) is 0 Å². The first-order valence-electron chi connectivity index (χ1n) is 3.81. The van der Waals surface area contributed by atoms with E-state index in [4.69, 9.17) is 10.9 Å². The van der Waals surface area contributed by atoms with Crippen LogP contribution >= 0.6 is 11.8 Å². The van der Waals surface area contributed by atoms with Crippen molar-refractivity contribution in [3.05, 3.63) is 0 Å². The smallest absolute Gasteiger partial charge is 0.232 e. The third kappa shape index (κ3) is 5.35. The molecular weight excluding hydrogens is 190 g/mol. The summed E-state index contributed by atoms with van der Waals surface area (Å²) in [6.45, 7) is 0.481. The van der Waals surface area contributed by atoms with Crippen molar-refractivity contribution in [3.8, 4) is 0 Å². The molecule has 0 atom stereocenters. The highest BCUT2D eigenvalue weighted by atomic mass is 32.2. The Hall–Kier alpha value is -0.910. The molecule has 13 heavy (non-hydrogen) atoms. The molecule has 0 aromatic rings. The lowest BCUT2D eigenvalue weighted by molar-refractivity contribution is -0.126. The number of amides is 1. The summed E-state index contributed by atoms with van der Waals surface area (Å²) in [5.41, 5.74) is 5.25. The normalized spacial score (nSPS) is 11.4. The van der Waals surface area contributed by atoms with Crippen LogP contribution < -0.4 is 5.73 Å². The van der Waals surface area contributed by atoms with E-state index in [2.05, 4.69) is 5.16 Å². The molecule has 6 heteroatoms. The Morgan fingerprint density at radius 3 is 2.77 bits per heavy atom. The molecule has 0 fully saturated rings. The van der Waals surface area contributed by atoms with Gasteiger partial charge in [-0.2, -0.15) is 11.8 Å². The molecular formula is C7H15N3O2S. The lowest BCUT2D eigenvalue weighted by Gasteiger charge is -2.15. The van der Waals surface area contributed by atoms with Crippen LogP contribution in [0.1, 0.15) is 6.42 Å². The molecule has 0 aliphatic rings. The van der Waals surface area contributed by atoms with Crippen LogP contribution in [0.4, 0.5) is 0 Å². The zero-order valence-electron chi connectivity index (χ0n) is 7.86. The summed E-state index contributed by atoms with van der Waals surface area (Å²) in [5.74, 6) is 0.661. The number of nitrogens with zero attached hydrogens (tertiary/aromatic N) is 2. The van der Waals surface area contributed by atoms with E-state index in [-0.39, 0.29) is 11.7 Å². The SMILES string of the molecule is CSCC(=O)N(C)CCC(N)=NO. The van der Waals surface area contributed by atoms with Crippen molar-refractivity contribution in [1.29, 1.82) is 0 Å². The molecule has 0 bridgehead atoms. The summed E-state index contributed by atoms with van der Waals surface area (Å²) in [4.78, 5) is 12.8. The van der Waals surface area contributed by atoms with Crippen LogP contribution in [0.5, 0.6) is 0 Å². The van der Waals surface area contributed by atoms with Crippen LogP contribution in [0.25, 0.3) is 0 Å². The summed E-state index contributed by atoms with van der Waals surface area (Å²) < 4.78 is 0. The number of thioether (sulfide) groups is 1. The van der Waals surface area contributed by atoms with Crippen LogP contribution in [0.15, 0.2) is 5.16 Å². The van der Waals surface area contributed by atoms with Gasteiger partial charge in [-0.15, -0.1) is 0 Å². The summed E-state index contributed by atoms with van der Waals surface area (Å²) in [5, 5.41) is 11.1. The molecule has 0 saturated heterocycles. The van der Waals surface area contributed by atoms with Crippen molar-refractivity contribution in [2.24, 2.45) is 10.9 Å². The summed E-state index contributed by atoms with van der Waals surface area (Å²) in [6.07, 6.45) is 2.27. The third-order valence-electron chi connectivity index (χ3n) is 1.53. The quantitative estimate of drug-likeness (QED) is 0.285. The van der Waals surface area contributed by atoms with Crippen molar-refractivity contribution < 1.29 is 10.0 Å². The van der Waals surface area contributed by atoms with Crippen molar-refractivity contribution in [1.82, 2.24) is 4.90 Å². The predicted octanol–water partition coefficient (Wildman–Crippen LogP) is -0.0557. The molecule has 0 heterocycles. The standard InChI is InChI=1S/C7H15N3O2S/c1-10(7(11)5-13-2)4-3-6(8)9-12/h12H,3-5H2,1-2H3,(H2,8,9). The maximum atomic E-state index is 11.2. The minimum absolute atomic E-state index is 0.0539. The molecule has 1 amide bonds. The zero-order valence-corrected chi connectivity index (χ0v) is 8.67. The van der Waals surface area contributed by atoms with Gasteiger partial charge in [0, 0.05) is 20.0 Å².